The van der Waals surface area contributed by atoms with Gasteiger partial charge in [-0.25, -0.2) is 8.42 Å². The number of fused-ring (bicyclic) bond motifs is 1. The zero-order valence-electron chi connectivity index (χ0n) is 18.8. The van der Waals surface area contributed by atoms with Gasteiger partial charge in [0.05, 0.1) is 19.1 Å². The van der Waals surface area contributed by atoms with Crippen molar-refractivity contribution in [2.24, 2.45) is 0 Å². The average molecular weight is 499 g/mol. The van der Waals surface area contributed by atoms with E-state index in [4.69, 9.17) is 21.1 Å². The summed E-state index contributed by atoms with van der Waals surface area (Å²) in [4.78, 5) is 13.6. The van der Waals surface area contributed by atoms with Gasteiger partial charge in [-0.3, -0.25) is 9.10 Å². The van der Waals surface area contributed by atoms with Gasteiger partial charge in [-0.05, 0) is 35.9 Å². The number of likely N-dealkylation sites (N-methyl/N-ethyl adjacent to an activating group) is 1. The molecule has 7 nitrogen and oxygen atoms in total. The highest BCUT2D eigenvalue weighted by Crippen LogP contribution is 2.40. The quantitative estimate of drug-likeness (QED) is 0.554. The Balaban J connectivity index is 1.82. The molecule has 0 unspecified atom stereocenters. The van der Waals surface area contributed by atoms with Gasteiger partial charge < -0.3 is 14.8 Å². The zero-order chi connectivity index (χ0) is 24.5. The molecule has 0 aliphatic carbocycles. The second-order valence-corrected chi connectivity index (χ2v) is 9.94. The lowest BCUT2D eigenvalue weighted by atomic mass is 9.95. The topological polar surface area (TPSA) is 84.9 Å². The maximum atomic E-state index is 13.5. The predicted molar refractivity (Wildman–Crippen MR) is 130 cm³/mol. The van der Waals surface area contributed by atoms with Crippen molar-refractivity contribution in [3.8, 4) is 11.5 Å². The highest BCUT2D eigenvalue weighted by atomic mass is 35.5. The summed E-state index contributed by atoms with van der Waals surface area (Å²) in [5.41, 5.74) is 2.27. The molecule has 9 heteroatoms. The van der Waals surface area contributed by atoms with E-state index in [-0.39, 0.29) is 17.1 Å². The van der Waals surface area contributed by atoms with E-state index in [9.17, 15) is 13.2 Å². The number of nitrogens with one attached hydrogen (secondary N) is 1. The molecule has 0 atom stereocenters. The first-order valence-electron chi connectivity index (χ1n) is 10.4. The molecule has 1 N–H and O–H groups in total. The summed E-state index contributed by atoms with van der Waals surface area (Å²) in [6.07, 6.45) is 0. The summed E-state index contributed by atoms with van der Waals surface area (Å²) in [6, 6.07) is 19.0. The van der Waals surface area contributed by atoms with Gasteiger partial charge in [0.25, 0.3) is 15.9 Å². The van der Waals surface area contributed by atoms with Gasteiger partial charge >= 0.3 is 0 Å². The minimum Gasteiger partial charge on any atom is -0.497 e. The molecule has 0 saturated heterocycles. The number of benzene rings is 3. The van der Waals surface area contributed by atoms with Gasteiger partial charge in [-0.1, -0.05) is 41.9 Å². The maximum absolute atomic E-state index is 13.5. The smallest absolute Gasteiger partial charge is 0.269 e. The van der Waals surface area contributed by atoms with Crippen LogP contribution in [-0.4, -0.2) is 39.9 Å². The van der Waals surface area contributed by atoms with E-state index in [2.05, 4.69) is 5.32 Å². The van der Waals surface area contributed by atoms with Crippen molar-refractivity contribution < 1.29 is 22.7 Å². The largest absolute Gasteiger partial charge is 0.497 e. The molecule has 34 heavy (non-hydrogen) atoms. The number of hydrogen-bond acceptors (Lipinski definition) is 5. The summed E-state index contributed by atoms with van der Waals surface area (Å²) in [5.74, 6) is 0.611. The first-order chi connectivity index (χ1) is 16.3. The SMILES string of the molecule is COc1ccc(CNC(=O)C2=C(c3ccccc3)c3cc(Cl)ccc3S(=O)(=O)N2C)c(OC)c1. The lowest BCUT2D eigenvalue weighted by Crippen LogP contribution is -2.39. The lowest BCUT2D eigenvalue weighted by molar-refractivity contribution is -0.118. The third kappa shape index (κ3) is 4.22. The van der Waals surface area contributed by atoms with Crippen LogP contribution in [0.3, 0.4) is 0 Å². The molecule has 4 rings (SSSR count). The number of amides is 1. The minimum atomic E-state index is -3.96. The Morgan fingerprint density at radius 1 is 1.00 bits per heavy atom. The minimum absolute atomic E-state index is 0.00782. The molecule has 176 valence electrons. The fourth-order valence-electron chi connectivity index (χ4n) is 3.89. The van der Waals surface area contributed by atoms with E-state index >= 15 is 0 Å². The predicted octanol–water partition coefficient (Wildman–Crippen LogP) is 4.07. The molecule has 0 saturated carbocycles. The number of nitrogens with zero attached hydrogens (tertiary/aromatic N) is 1. The van der Waals surface area contributed by atoms with Gasteiger partial charge in [-0.2, -0.15) is 0 Å². The molecule has 0 aromatic heterocycles. The second kappa shape index (κ2) is 9.40. The zero-order valence-corrected chi connectivity index (χ0v) is 20.4. The van der Waals surface area contributed by atoms with Crippen molar-refractivity contribution in [3.63, 3.8) is 0 Å². The van der Waals surface area contributed by atoms with Crippen LogP contribution in [0.25, 0.3) is 5.57 Å². The molecule has 3 aromatic carbocycles. The molecule has 3 aromatic rings. The second-order valence-electron chi connectivity index (χ2n) is 7.56. The Bertz CT molecular complexity index is 1390. The van der Waals surface area contributed by atoms with Crippen LogP contribution in [0.4, 0.5) is 0 Å². The van der Waals surface area contributed by atoms with Gasteiger partial charge in [0.15, 0.2) is 0 Å². The van der Waals surface area contributed by atoms with E-state index in [1.54, 1.807) is 31.4 Å². The van der Waals surface area contributed by atoms with Gasteiger partial charge in [0, 0.05) is 41.4 Å². The molecular formula is C25H23ClN2O5S. The van der Waals surface area contributed by atoms with Crippen molar-refractivity contribution >= 4 is 33.1 Å². The lowest BCUT2D eigenvalue weighted by Gasteiger charge is -2.31. The van der Waals surface area contributed by atoms with Crippen LogP contribution in [0.5, 0.6) is 11.5 Å². The molecule has 1 aliphatic heterocycles. The van der Waals surface area contributed by atoms with Crippen LogP contribution in [0.1, 0.15) is 16.7 Å². The number of rotatable bonds is 6. The van der Waals surface area contributed by atoms with Gasteiger partial charge in [-0.15, -0.1) is 0 Å². The van der Waals surface area contributed by atoms with Crippen LogP contribution in [0.15, 0.2) is 77.3 Å². The Labute approximate surface area is 203 Å². The normalized spacial score (nSPS) is 14.4. The number of methoxy groups -OCH3 is 2. The molecule has 1 heterocycles. The van der Waals surface area contributed by atoms with E-state index in [0.717, 1.165) is 4.31 Å². The molecule has 1 amide bonds. The first-order valence-corrected chi connectivity index (χ1v) is 12.2. The van der Waals surface area contributed by atoms with Crippen molar-refractivity contribution in [1.82, 2.24) is 9.62 Å². The van der Waals surface area contributed by atoms with Crippen LogP contribution in [0, 0.1) is 0 Å². The molecular weight excluding hydrogens is 476 g/mol. The fourth-order valence-corrected chi connectivity index (χ4v) is 5.45. The van der Waals surface area contributed by atoms with Crippen LogP contribution < -0.4 is 14.8 Å². The highest BCUT2D eigenvalue weighted by molar-refractivity contribution is 7.89. The standard InChI is InChI=1S/C25H23ClN2O5S/c1-28-24(25(29)27-15-17-9-11-19(32-2)14-21(17)33-3)23(16-7-5-4-6-8-16)20-13-18(26)10-12-22(20)34(28,30)31/h4-14H,15H2,1-3H3,(H,27,29). The van der Waals surface area contributed by atoms with E-state index in [1.165, 1.54) is 26.3 Å². The van der Waals surface area contributed by atoms with Crippen molar-refractivity contribution in [1.29, 1.82) is 0 Å². The third-order valence-electron chi connectivity index (χ3n) is 5.61. The summed E-state index contributed by atoms with van der Waals surface area (Å²) in [5, 5.41) is 3.21. The average Bonchev–Trinajstić information content (AvgIpc) is 2.84. The van der Waals surface area contributed by atoms with Gasteiger partial charge in [0.2, 0.25) is 0 Å². The number of carbonyl (C=O) groups is 1. The third-order valence-corrected chi connectivity index (χ3v) is 7.66. The Kier molecular flexibility index (Phi) is 6.54. The number of carbonyl (C=O) groups excluding carboxylic acids is 1. The Morgan fingerprint density at radius 2 is 1.74 bits per heavy atom. The summed E-state index contributed by atoms with van der Waals surface area (Å²) >= 11 is 6.23. The monoisotopic (exact) mass is 498 g/mol. The van der Waals surface area contributed by atoms with Crippen molar-refractivity contribution in [2.75, 3.05) is 21.3 Å². The van der Waals surface area contributed by atoms with Crippen LogP contribution in [0.2, 0.25) is 5.02 Å². The summed E-state index contributed by atoms with van der Waals surface area (Å²) in [6.45, 7) is 0.119. The number of ether oxygens (including phenoxy) is 2. The first kappa shape index (κ1) is 23.7. The molecule has 1 aliphatic rings. The molecule has 0 radical (unpaired) electrons. The van der Waals surface area contributed by atoms with E-state index in [0.29, 0.717) is 38.8 Å². The Morgan fingerprint density at radius 3 is 2.41 bits per heavy atom. The van der Waals surface area contributed by atoms with Gasteiger partial charge in [0.1, 0.15) is 17.2 Å². The van der Waals surface area contributed by atoms with E-state index < -0.39 is 15.9 Å². The number of sulfonamides is 1. The molecule has 0 bridgehead atoms. The highest BCUT2D eigenvalue weighted by Gasteiger charge is 2.38. The van der Waals surface area contributed by atoms with Crippen molar-refractivity contribution in [2.45, 2.75) is 11.4 Å². The molecule has 0 fully saturated rings. The molecule has 0 spiro atoms. The number of halogens is 1. The van der Waals surface area contributed by atoms with Crippen molar-refractivity contribution in [3.05, 3.63) is 94.1 Å². The summed E-state index contributed by atoms with van der Waals surface area (Å²) in [7, 11) is 0.490. The fraction of sp³-hybridized carbons (Fsp3) is 0.160. The van der Waals surface area contributed by atoms with Crippen LogP contribution in [-0.2, 0) is 21.4 Å². The maximum Gasteiger partial charge on any atom is 0.269 e. The summed E-state index contributed by atoms with van der Waals surface area (Å²) < 4.78 is 38.2. The Hall–Kier alpha value is -3.49. The van der Waals surface area contributed by atoms with E-state index in [1.807, 2.05) is 30.3 Å². The van der Waals surface area contributed by atoms with Crippen LogP contribution >= 0.6 is 11.6 Å². The number of hydrogen-bond donors (Lipinski definition) is 1.